The Bertz CT molecular complexity index is 525. The number of phosphoric acid groups is 1. The zero-order chi connectivity index (χ0) is 25.0. The first-order valence-electron chi connectivity index (χ1n) is 12.8. The van der Waals surface area contributed by atoms with Gasteiger partial charge < -0.3 is 19.2 Å². The molecule has 0 aliphatic heterocycles. The minimum atomic E-state index is -4.32. The monoisotopic (exact) mass is 496 g/mol. The maximum absolute atomic E-state index is 12.0. The highest BCUT2D eigenvalue weighted by molar-refractivity contribution is 7.47. The maximum Gasteiger partial charge on any atom is 0.472 e. The first-order chi connectivity index (χ1) is 15.6. The molecule has 2 atom stereocenters. The molecule has 0 bridgehead atoms. The van der Waals surface area contributed by atoms with E-state index in [2.05, 4.69) is 6.92 Å². The standard InChI is InChI=1S/C24H50NO7P/c1-5-6-7-8-9-10-11-12-13-14-15-16-17-18-24(27)30-22-23(21-26)32-33(28,29)31-20-19-25(2,3)4/h23,26H,5-22H2,1-4H3/p+1/t23-/m0/s1. The van der Waals surface area contributed by atoms with Crippen LogP contribution in [0.25, 0.3) is 0 Å². The van der Waals surface area contributed by atoms with Crippen molar-refractivity contribution in [3.8, 4) is 0 Å². The first kappa shape index (κ1) is 32.5. The van der Waals surface area contributed by atoms with Crippen molar-refractivity contribution >= 4 is 13.8 Å². The van der Waals surface area contributed by atoms with Gasteiger partial charge in [-0.1, -0.05) is 84.0 Å². The Labute approximate surface area is 202 Å². The average Bonchev–Trinajstić information content (AvgIpc) is 2.73. The number of aliphatic hydroxyl groups is 1. The molecule has 0 aliphatic carbocycles. The van der Waals surface area contributed by atoms with Crippen molar-refractivity contribution in [1.29, 1.82) is 0 Å². The van der Waals surface area contributed by atoms with E-state index in [1.165, 1.54) is 64.2 Å². The second kappa shape index (κ2) is 19.8. The smallest absolute Gasteiger partial charge is 0.463 e. The molecule has 0 aromatic heterocycles. The summed E-state index contributed by atoms with van der Waals surface area (Å²) in [5.41, 5.74) is 0. The maximum atomic E-state index is 12.0. The Morgan fingerprint density at radius 2 is 1.36 bits per heavy atom. The van der Waals surface area contributed by atoms with E-state index in [1.807, 2.05) is 21.1 Å². The molecule has 198 valence electrons. The van der Waals surface area contributed by atoms with Crippen molar-refractivity contribution in [1.82, 2.24) is 0 Å². The minimum absolute atomic E-state index is 0.0360. The number of carbonyl (C=O) groups is 1. The number of esters is 1. The van der Waals surface area contributed by atoms with Gasteiger partial charge in [0.2, 0.25) is 0 Å². The van der Waals surface area contributed by atoms with E-state index in [-0.39, 0.29) is 19.2 Å². The lowest BCUT2D eigenvalue weighted by molar-refractivity contribution is -0.870. The zero-order valence-electron chi connectivity index (χ0n) is 21.6. The van der Waals surface area contributed by atoms with Crippen LogP contribution >= 0.6 is 7.82 Å². The normalized spacial score (nSPS) is 14.7. The molecule has 33 heavy (non-hydrogen) atoms. The second-order valence-electron chi connectivity index (χ2n) is 9.90. The number of carbonyl (C=O) groups excluding carboxylic acids is 1. The number of likely N-dealkylation sites (N-methyl/N-ethyl adjacent to an activating group) is 1. The summed E-state index contributed by atoms with van der Waals surface area (Å²) >= 11 is 0. The fourth-order valence-electron chi connectivity index (χ4n) is 3.31. The van der Waals surface area contributed by atoms with Gasteiger partial charge in [0.15, 0.2) is 0 Å². The number of hydrogen-bond acceptors (Lipinski definition) is 6. The van der Waals surface area contributed by atoms with Gasteiger partial charge in [0, 0.05) is 6.42 Å². The molecule has 2 N–H and O–H groups in total. The predicted octanol–water partition coefficient (Wildman–Crippen LogP) is 5.21. The Morgan fingerprint density at radius 1 is 0.879 bits per heavy atom. The molecule has 0 saturated carbocycles. The molecule has 8 nitrogen and oxygen atoms in total. The molecular weight excluding hydrogens is 445 g/mol. The van der Waals surface area contributed by atoms with Crippen molar-refractivity contribution in [2.24, 2.45) is 0 Å². The number of aliphatic hydroxyl groups excluding tert-OH is 1. The van der Waals surface area contributed by atoms with Gasteiger partial charge in [-0.3, -0.25) is 13.8 Å². The third-order valence-corrected chi connectivity index (χ3v) is 6.49. The Hall–Kier alpha value is -0.500. The van der Waals surface area contributed by atoms with Crippen molar-refractivity contribution < 1.29 is 37.6 Å². The van der Waals surface area contributed by atoms with Crippen LogP contribution < -0.4 is 0 Å². The highest BCUT2D eigenvalue weighted by Gasteiger charge is 2.28. The summed E-state index contributed by atoms with van der Waals surface area (Å²) in [4.78, 5) is 21.7. The Morgan fingerprint density at radius 3 is 1.82 bits per heavy atom. The van der Waals surface area contributed by atoms with Gasteiger partial charge >= 0.3 is 13.8 Å². The van der Waals surface area contributed by atoms with Crippen molar-refractivity contribution in [3.63, 3.8) is 0 Å². The summed E-state index contributed by atoms with van der Waals surface area (Å²) in [6, 6.07) is 0. The van der Waals surface area contributed by atoms with Crippen LogP contribution in [-0.4, -0.2) is 74.1 Å². The molecular formula is C24H51NO7P+. The molecule has 9 heteroatoms. The number of nitrogens with zero attached hydrogens (tertiary/aromatic N) is 1. The third kappa shape index (κ3) is 23.0. The van der Waals surface area contributed by atoms with E-state index in [0.717, 1.165) is 19.3 Å². The lowest BCUT2D eigenvalue weighted by Crippen LogP contribution is -2.37. The average molecular weight is 497 g/mol. The number of hydrogen-bond donors (Lipinski definition) is 2. The number of quaternary nitrogens is 1. The quantitative estimate of drug-likeness (QED) is 0.0866. The summed E-state index contributed by atoms with van der Waals surface area (Å²) in [5.74, 6) is -0.390. The van der Waals surface area contributed by atoms with Crippen LogP contribution in [0, 0.1) is 0 Å². The number of phosphoric ester groups is 1. The SMILES string of the molecule is CCCCCCCCCCCCCCCC(=O)OC[C@H](CO)OP(=O)(O)OCC[N+](C)(C)C. The molecule has 0 saturated heterocycles. The highest BCUT2D eigenvalue weighted by Crippen LogP contribution is 2.44. The summed E-state index contributed by atoms with van der Waals surface area (Å²) in [6.07, 6.45) is 15.3. The van der Waals surface area contributed by atoms with Crippen LogP contribution in [0.2, 0.25) is 0 Å². The molecule has 0 rings (SSSR count). The van der Waals surface area contributed by atoms with Crippen molar-refractivity contribution in [2.45, 2.75) is 103 Å². The van der Waals surface area contributed by atoms with E-state index < -0.39 is 20.5 Å². The van der Waals surface area contributed by atoms with Crippen LogP contribution in [-0.2, 0) is 23.1 Å². The van der Waals surface area contributed by atoms with Crippen molar-refractivity contribution in [2.75, 3.05) is 47.5 Å². The molecule has 0 fully saturated rings. The molecule has 0 aromatic rings. The fraction of sp³-hybridized carbons (Fsp3) is 0.958. The highest BCUT2D eigenvalue weighted by atomic mass is 31.2. The molecule has 0 amide bonds. The molecule has 1 unspecified atom stereocenters. The number of ether oxygens (including phenoxy) is 1. The molecule has 0 aliphatic rings. The molecule has 0 heterocycles. The van der Waals surface area contributed by atoms with Crippen LogP contribution in [0.5, 0.6) is 0 Å². The zero-order valence-corrected chi connectivity index (χ0v) is 22.5. The fourth-order valence-corrected chi connectivity index (χ4v) is 4.19. The van der Waals surface area contributed by atoms with Gasteiger partial charge in [0.05, 0.1) is 27.7 Å². The van der Waals surface area contributed by atoms with Gasteiger partial charge in [-0.05, 0) is 6.42 Å². The van der Waals surface area contributed by atoms with E-state index in [9.17, 15) is 19.4 Å². The van der Waals surface area contributed by atoms with Crippen molar-refractivity contribution in [3.05, 3.63) is 0 Å². The van der Waals surface area contributed by atoms with E-state index in [4.69, 9.17) is 13.8 Å². The predicted molar refractivity (Wildman–Crippen MR) is 132 cm³/mol. The van der Waals surface area contributed by atoms with E-state index in [0.29, 0.717) is 17.4 Å². The largest absolute Gasteiger partial charge is 0.472 e. The van der Waals surface area contributed by atoms with Gasteiger partial charge in [-0.2, -0.15) is 0 Å². The van der Waals surface area contributed by atoms with E-state index >= 15 is 0 Å². The van der Waals surface area contributed by atoms with Gasteiger partial charge in [-0.15, -0.1) is 0 Å². The number of unbranched alkanes of at least 4 members (excludes halogenated alkanes) is 12. The lowest BCUT2D eigenvalue weighted by Gasteiger charge is -2.24. The minimum Gasteiger partial charge on any atom is -0.463 e. The van der Waals surface area contributed by atoms with Gasteiger partial charge in [0.25, 0.3) is 0 Å². The molecule has 0 aromatic carbocycles. The Balaban J connectivity index is 3.73. The van der Waals surface area contributed by atoms with E-state index in [1.54, 1.807) is 0 Å². The third-order valence-electron chi connectivity index (χ3n) is 5.42. The van der Waals surface area contributed by atoms with Crippen LogP contribution in [0.1, 0.15) is 96.8 Å². The summed E-state index contributed by atoms with van der Waals surface area (Å²) < 4.78 is 27.5. The molecule has 0 spiro atoms. The van der Waals surface area contributed by atoms with Crippen LogP contribution in [0.4, 0.5) is 0 Å². The summed E-state index contributed by atoms with van der Waals surface area (Å²) in [5, 5.41) is 9.35. The first-order valence-corrected chi connectivity index (χ1v) is 14.3. The summed E-state index contributed by atoms with van der Waals surface area (Å²) in [6.45, 7) is 1.97. The topological polar surface area (TPSA) is 102 Å². The van der Waals surface area contributed by atoms with Crippen LogP contribution in [0.3, 0.4) is 0 Å². The molecule has 0 radical (unpaired) electrons. The second-order valence-corrected chi connectivity index (χ2v) is 11.3. The van der Waals surface area contributed by atoms with Crippen LogP contribution in [0.15, 0.2) is 0 Å². The summed E-state index contributed by atoms with van der Waals surface area (Å²) in [7, 11) is 1.47. The lowest BCUT2D eigenvalue weighted by atomic mass is 10.0. The van der Waals surface area contributed by atoms with Gasteiger partial charge in [-0.25, -0.2) is 4.57 Å². The Kier molecular flexibility index (Phi) is 19.5. The number of rotatable bonds is 23. The van der Waals surface area contributed by atoms with Gasteiger partial charge in [0.1, 0.15) is 25.9 Å².